The van der Waals surface area contributed by atoms with Gasteiger partial charge in [-0.05, 0) is 24.1 Å². The van der Waals surface area contributed by atoms with E-state index in [4.69, 9.17) is 0 Å². The summed E-state index contributed by atoms with van der Waals surface area (Å²) in [5, 5.41) is 13.8. The molecule has 0 bridgehead atoms. The van der Waals surface area contributed by atoms with Gasteiger partial charge in [-0.2, -0.15) is 0 Å². The summed E-state index contributed by atoms with van der Waals surface area (Å²) in [5.74, 6) is 0. The van der Waals surface area contributed by atoms with Gasteiger partial charge in [-0.25, -0.2) is 0 Å². The van der Waals surface area contributed by atoms with Crippen LogP contribution in [0.5, 0.6) is 0 Å². The first-order valence-corrected chi connectivity index (χ1v) is 6.51. The van der Waals surface area contributed by atoms with Gasteiger partial charge in [0, 0.05) is 17.5 Å². The number of allylic oxidation sites excluding steroid dienone is 2. The summed E-state index contributed by atoms with van der Waals surface area (Å²) >= 11 is 0. The molecule has 1 N–H and O–H groups in total. The Morgan fingerprint density at radius 3 is 2.75 bits per heavy atom. The van der Waals surface area contributed by atoms with Crippen LogP contribution >= 0.6 is 0 Å². The van der Waals surface area contributed by atoms with Crippen molar-refractivity contribution in [2.75, 3.05) is 13.1 Å². The second-order valence-corrected chi connectivity index (χ2v) is 4.40. The zero-order valence-electron chi connectivity index (χ0n) is 11.7. The molecule has 1 atom stereocenters. The summed E-state index contributed by atoms with van der Waals surface area (Å²) < 4.78 is 0. The summed E-state index contributed by atoms with van der Waals surface area (Å²) in [5.41, 5.74) is 2.07. The summed E-state index contributed by atoms with van der Waals surface area (Å²) in [4.78, 5) is 10.1. The van der Waals surface area contributed by atoms with Crippen LogP contribution in [0.3, 0.4) is 0 Å². The number of benzene rings is 1. The predicted molar refractivity (Wildman–Crippen MR) is 82.1 cm³/mol. The number of nitro groups is 1. The number of nitrogens with one attached hydrogen (secondary N) is 1. The molecule has 0 radical (unpaired) electrons. The number of nitrogens with zero attached hydrogens (tertiary/aromatic N) is 1. The van der Waals surface area contributed by atoms with E-state index in [9.17, 15) is 10.1 Å². The van der Waals surface area contributed by atoms with Gasteiger partial charge in [0.15, 0.2) is 0 Å². The molecule has 0 aliphatic carbocycles. The zero-order chi connectivity index (χ0) is 14.8. The van der Waals surface area contributed by atoms with Gasteiger partial charge >= 0.3 is 0 Å². The normalized spacial score (nSPS) is 13.3. The average molecular weight is 272 g/mol. The highest BCUT2D eigenvalue weighted by atomic mass is 16.6. The molecule has 1 aromatic carbocycles. The van der Waals surface area contributed by atoms with Crippen LogP contribution in [0, 0.1) is 10.1 Å². The lowest BCUT2D eigenvalue weighted by molar-refractivity contribution is -0.468. The molecule has 0 saturated carbocycles. The Kier molecular flexibility index (Phi) is 7.00. The van der Waals surface area contributed by atoms with Gasteiger partial charge in [0.1, 0.15) is 0 Å². The maximum absolute atomic E-state index is 10.4. The van der Waals surface area contributed by atoms with Gasteiger partial charge in [-0.3, -0.25) is 10.1 Å². The van der Waals surface area contributed by atoms with Crippen LogP contribution in [0.4, 0.5) is 0 Å². The van der Waals surface area contributed by atoms with Gasteiger partial charge in [0.25, 0.3) is 0 Å². The molecule has 0 saturated heterocycles. The van der Waals surface area contributed by atoms with Crippen molar-refractivity contribution >= 4 is 0 Å². The molecule has 4 nitrogen and oxygen atoms in total. The Morgan fingerprint density at radius 1 is 1.45 bits per heavy atom. The van der Waals surface area contributed by atoms with E-state index in [0.717, 1.165) is 5.57 Å². The lowest BCUT2D eigenvalue weighted by Gasteiger charge is -2.14. The molecule has 0 aliphatic heterocycles. The van der Waals surface area contributed by atoms with Crippen molar-refractivity contribution in [2.24, 2.45) is 0 Å². The fourth-order valence-corrected chi connectivity index (χ4v) is 1.71. The lowest BCUT2D eigenvalue weighted by Crippen LogP contribution is -2.21. The van der Waals surface area contributed by atoms with Crippen molar-refractivity contribution in [1.82, 2.24) is 5.32 Å². The Morgan fingerprint density at radius 2 is 2.15 bits per heavy atom. The van der Waals surface area contributed by atoms with Crippen LogP contribution < -0.4 is 5.32 Å². The number of rotatable bonds is 8. The van der Waals surface area contributed by atoms with Crippen molar-refractivity contribution in [2.45, 2.75) is 13.0 Å². The maximum Gasteiger partial charge on any atom is 0.222 e. The summed E-state index contributed by atoms with van der Waals surface area (Å²) in [6.45, 7) is 6.08. The van der Waals surface area contributed by atoms with Crippen LogP contribution in [0.15, 0.2) is 66.8 Å². The van der Waals surface area contributed by atoms with Gasteiger partial charge in [0.2, 0.25) is 6.54 Å². The second-order valence-electron chi connectivity index (χ2n) is 4.40. The first kappa shape index (κ1) is 15.9. The quantitative estimate of drug-likeness (QED) is 0.449. The molecular weight excluding hydrogens is 252 g/mol. The molecule has 0 amide bonds. The van der Waals surface area contributed by atoms with Crippen molar-refractivity contribution in [3.63, 3.8) is 0 Å². The van der Waals surface area contributed by atoms with E-state index in [1.807, 2.05) is 24.3 Å². The van der Waals surface area contributed by atoms with E-state index in [2.05, 4.69) is 31.0 Å². The Hall–Kier alpha value is -2.20. The molecule has 1 aromatic rings. The molecule has 0 spiro atoms. The number of hydrogen-bond donors (Lipinski definition) is 1. The zero-order valence-corrected chi connectivity index (χ0v) is 11.7. The average Bonchev–Trinajstić information content (AvgIpc) is 2.46. The maximum atomic E-state index is 10.4. The Labute approximate surface area is 119 Å². The minimum Gasteiger partial charge on any atom is -0.306 e. The van der Waals surface area contributed by atoms with Crippen molar-refractivity contribution < 1.29 is 4.92 Å². The van der Waals surface area contributed by atoms with Gasteiger partial charge in [0.05, 0.1) is 0 Å². The van der Waals surface area contributed by atoms with E-state index in [1.165, 1.54) is 5.56 Å². The standard InChI is InChI=1S/C16H20N2O2/c1-3-4-8-15(11-12-18(19)20)13-17-14(2)16-9-6-5-7-10-16/h3-11,14,17H,1,12-13H2,2H3/b8-4-,15-11+. The molecule has 1 rings (SSSR count). The van der Waals surface area contributed by atoms with E-state index in [0.29, 0.717) is 6.54 Å². The van der Waals surface area contributed by atoms with Crippen LogP contribution in [-0.2, 0) is 0 Å². The molecule has 106 valence electrons. The molecule has 4 heteroatoms. The van der Waals surface area contributed by atoms with E-state index in [1.54, 1.807) is 18.2 Å². The minimum atomic E-state index is -0.345. The predicted octanol–water partition coefficient (Wildman–Crippen LogP) is 3.28. The molecule has 20 heavy (non-hydrogen) atoms. The number of hydrogen-bond acceptors (Lipinski definition) is 3. The van der Waals surface area contributed by atoms with Crippen LogP contribution in [-0.4, -0.2) is 18.0 Å². The second kappa shape index (κ2) is 8.82. The van der Waals surface area contributed by atoms with Crippen LogP contribution in [0.2, 0.25) is 0 Å². The third-order valence-electron chi connectivity index (χ3n) is 2.86. The van der Waals surface area contributed by atoms with Crippen LogP contribution in [0.25, 0.3) is 0 Å². The van der Waals surface area contributed by atoms with Gasteiger partial charge in [-0.1, -0.05) is 55.1 Å². The monoisotopic (exact) mass is 272 g/mol. The van der Waals surface area contributed by atoms with Crippen molar-refractivity contribution in [3.8, 4) is 0 Å². The molecule has 0 aliphatic rings. The SMILES string of the molecule is C=C/C=C\C(=C/C[N+](=O)[O-])CNC(C)c1ccccc1. The topological polar surface area (TPSA) is 55.2 Å². The molecule has 1 unspecified atom stereocenters. The summed E-state index contributed by atoms with van der Waals surface area (Å²) in [6.07, 6.45) is 6.88. The van der Waals surface area contributed by atoms with Gasteiger partial charge in [-0.15, -0.1) is 0 Å². The highest BCUT2D eigenvalue weighted by Crippen LogP contribution is 2.11. The molecule has 0 aromatic heterocycles. The van der Waals surface area contributed by atoms with Crippen molar-refractivity contribution in [1.29, 1.82) is 0 Å². The Balaban J connectivity index is 2.61. The first-order chi connectivity index (χ1) is 9.63. The van der Waals surface area contributed by atoms with Gasteiger partial charge < -0.3 is 5.32 Å². The summed E-state index contributed by atoms with van der Waals surface area (Å²) in [6, 6.07) is 10.3. The molecular formula is C16H20N2O2. The highest BCUT2D eigenvalue weighted by molar-refractivity contribution is 5.24. The largest absolute Gasteiger partial charge is 0.306 e. The smallest absolute Gasteiger partial charge is 0.222 e. The fraction of sp³-hybridized carbons (Fsp3) is 0.250. The summed E-state index contributed by atoms with van der Waals surface area (Å²) in [7, 11) is 0. The van der Waals surface area contributed by atoms with Crippen molar-refractivity contribution in [3.05, 3.63) is 82.5 Å². The third-order valence-corrected chi connectivity index (χ3v) is 2.86. The minimum absolute atomic E-state index is 0.168. The first-order valence-electron chi connectivity index (χ1n) is 6.51. The Bertz CT molecular complexity index is 492. The lowest BCUT2D eigenvalue weighted by atomic mass is 10.1. The molecule has 0 fully saturated rings. The molecule has 0 heterocycles. The van der Waals surface area contributed by atoms with E-state index >= 15 is 0 Å². The van der Waals surface area contributed by atoms with E-state index in [-0.39, 0.29) is 17.5 Å². The van der Waals surface area contributed by atoms with E-state index < -0.39 is 0 Å². The highest BCUT2D eigenvalue weighted by Gasteiger charge is 2.04. The fourth-order valence-electron chi connectivity index (χ4n) is 1.71. The third kappa shape index (κ3) is 6.11. The van der Waals surface area contributed by atoms with Crippen LogP contribution in [0.1, 0.15) is 18.5 Å².